The molecule has 2 heteroatoms. The van der Waals surface area contributed by atoms with Crippen molar-refractivity contribution >= 4 is 5.78 Å². The fourth-order valence-electron chi connectivity index (χ4n) is 8.54. The van der Waals surface area contributed by atoms with Gasteiger partial charge in [-0.25, -0.2) is 0 Å². The van der Waals surface area contributed by atoms with E-state index in [0.29, 0.717) is 30.0 Å². The van der Waals surface area contributed by atoms with Crippen LogP contribution in [0.4, 0.5) is 0 Å². The SMILES string of the molecule is CC(C)CCC[C@@H](C)[C@H]1CC[C@H]2[C@@H]3CCC4=CC(=O)CC[C@]4(C)[C@H]3C[C@H](O)[C@]12C. The lowest BCUT2D eigenvalue weighted by Gasteiger charge is -2.60. The first-order valence-corrected chi connectivity index (χ1v) is 12.6. The number of aliphatic hydroxyl groups excluding tert-OH is 1. The molecule has 0 amide bonds. The van der Waals surface area contributed by atoms with Crippen molar-refractivity contribution in [3.63, 3.8) is 0 Å². The van der Waals surface area contributed by atoms with Crippen LogP contribution in [0.25, 0.3) is 0 Å². The van der Waals surface area contributed by atoms with Gasteiger partial charge >= 0.3 is 0 Å². The number of rotatable bonds is 5. The van der Waals surface area contributed by atoms with Gasteiger partial charge in [-0.05, 0) is 90.9 Å². The summed E-state index contributed by atoms with van der Waals surface area (Å²) in [5, 5.41) is 11.6. The Kier molecular flexibility index (Phi) is 5.82. The van der Waals surface area contributed by atoms with Crippen molar-refractivity contribution in [2.45, 2.75) is 105 Å². The number of hydrogen-bond acceptors (Lipinski definition) is 2. The smallest absolute Gasteiger partial charge is 0.155 e. The molecular weight excluding hydrogens is 356 g/mol. The van der Waals surface area contributed by atoms with Crippen LogP contribution in [0.15, 0.2) is 11.6 Å². The third-order valence-corrected chi connectivity index (χ3v) is 10.3. The molecule has 8 atom stereocenters. The third-order valence-electron chi connectivity index (χ3n) is 10.3. The standard InChI is InChI=1S/C27H44O2/c1-17(2)7-6-8-18(3)22-11-12-23-21-10-9-19-15-20(28)13-14-26(19,4)24(21)16-25(29)27(22,23)5/h15,17-18,21-25,29H,6-14,16H2,1-5H3/t18-,21+,22-,23+,24+,25+,26+,27-/m1/s1. The van der Waals surface area contributed by atoms with E-state index in [2.05, 4.69) is 34.6 Å². The van der Waals surface area contributed by atoms with Crippen LogP contribution in [-0.4, -0.2) is 17.0 Å². The summed E-state index contributed by atoms with van der Waals surface area (Å²) < 4.78 is 0. The number of fused-ring (bicyclic) bond motifs is 5. The lowest BCUT2D eigenvalue weighted by Crippen LogP contribution is -2.56. The number of hydrogen-bond donors (Lipinski definition) is 1. The highest BCUT2D eigenvalue weighted by Crippen LogP contribution is 2.67. The van der Waals surface area contributed by atoms with Crippen molar-refractivity contribution < 1.29 is 9.90 Å². The minimum Gasteiger partial charge on any atom is -0.393 e. The Labute approximate surface area is 178 Å². The van der Waals surface area contributed by atoms with Crippen LogP contribution in [-0.2, 0) is 4.79 Å². The van der Waals surface area contributed by atoms with Crippen LogP contribution in [0.3, 0.4) is 0 Å². The Morgan fingerprint density at radius 3 is 2.55 bits per heavy atom. The Morgan fingerprint density at radius 1 is 1.07 bits per heavy atom. The number of carbonyl (C=O) groups excluding carboxylic acids is 1. The lowest BCUT2D eigenvalue weighted by molar-refractivity contribution is -0.141. The topological polar surface area (TPSA) is 37.3 Å². The molecule has 1 N–H and O–H groups in total. The quantitative estimate of drug-likeness (QED) is 0.567. The third kappa shape index (κ3) is 3.46. The summed E-state index contributed by atoms with van der Waals surface area (Å²) >= 11 is 0. The van der Waals surface area contributed by atoms with Gasteiger partial charge in [-0.15, -0.1) is 0 Å². The van der Waals surface area contributed by atoms with Crippen LogP contribution >= 0.6 is 0 Å². The predicted octanol–water partition coefficient (Wildman–Crippen LogP) is 6.57. The molecule has 0 heterocycles. The van der Waals surface area contributed by atoms with Crippen LogP contribution in [0.1, 0.15) is 98.8 Å². The molecule has 4 aliphatic carbocycles. The first-order valence-electron chi connectivity index (χ1n) is 12.6. The summed E-state index contributed by atoms with van der Waals surface area (Å²) in [6, 6.07) is 0. The Balaban J connectivity index is 1.54. The molecule has 0 bridgehead atoms. The zero-order valence-corrected chi connectivity index (χ0v) is 19.5. The van der Waals surface area contributed by atoms with Gasteiger partial charge in [0.25, 0.3) is 0 Å². The van der Waals surface area contributed by atoms with E-state index in [0.717, 1.165) is 37.0 Å². The van der Waals surface area contributed by atoms with Crippen molar-refractivity contribution in [3.05, 3.63) is 11.6 Å². The molecule has 4 rings (SSSR count). The Hall–Kier alpha value is -0.630. The first kappa shape index (κ1) is 21.6. The highest BCUT2D eigenvalue weighted by molar-refractivity contribution is 5.91. The second-order valence-electron chi connectivity index (χ2n) is 12.1. The zero-order chi connectivity index (χ0) is 21.0. The molecule has 0 unspecified atom stereocenters. The van der Waals surface area contributed by atoms with Gasteiger partial charge in [0, 0.05) is 6.42 Å². The van der Waals surface area contributed by atoms with E-state index in [1.807, 2.05) is 6.08 Å². The second-order valence-corrected chi connectivity index (χ2v) is 12.1. The largest absolute Gasteiger partial charge is 0.393 e. The minimum absolute atomic E-state index is 0.0977. The molecule has 4 aliphatic rings. The van der Waals surface area contributed by atoms with Gasteiger partial charge in [0.15, 0.2) is 5.78 Å². The maximum absolute atomic E-state index is 12.0. The molecule has 0 aliphatic heterocycles. The van der Waals surface area contributed by atoms with Gasteiger partial charge in [0.05, 0.1) is 6.10 Å². The minimum atomic E-state index is -0.178. The molecule has 3 saturated carbocycles. The van der Waals surface area contributed by atoms with Crippen LogP contribution in [0.2, 0.25) is 0 Å². The van der Waals surface area contributed by atoms with E-state index < -0.39 is 0 Å². The van der Waals surface area contributed by atoms with Gasteiger partial charge < -0.3 is 5.11 Å². The van der Waals surface area contributed by atoms with Gasteiger partial charge in [-0.1, -0.05) is 59.5 Å². The van der Waals surface area contributed by atoms with E-state index in [1.54, 1.807) is 0 Å². The first-order chi connectivity index (χ1) is 13.7. The summed E-state index contributed by atoms with van der Waals surface area (Å²) in [6.07, 6.45) is 13.4. The summed E-state index contributed by atoms with van der Waals surface area (Å²) in [7, 11) is 0. The molecule has 0 aromatic rings. The highest BCUT2D eigenvalue weighted by atomic mass is 16.3. The number of carbonyl (C=O) groups is 1. The fraction of sp³-hybridized carbons (Fsp3) is 0.889. The predicted molar refractivity (Wildman–Crippen MR) is 119 cm³/mol. The molecule has 29 heavy (non-hydrogen) atoms. The van der Waals surface area contributed by atoms with Crippen molar-refractivity contribution in [2.24, 2.45) is 46.3 Å². The summed E-state index contributed by atoms with van der Waals surface area (Å²) in [5.74, 6) is 4.50. The molecule has 0 radical (unpaired) electrons. The van der Waals surface area contributed by atoms with Crippen LogP contribution in [0.5, 0.6) is 0 Å². The average Bonchev–Trinajstić information content (AvgIpc) is 3.02. The molecule has 0 aromatic heterocycles. The maximum Gasteiger partial charge on any atom is 0.155 e. The Morgan fingerprint density at radius 2 is 1.83 bits per heavy atom. The lowest BCUT2D eigenvalue weighted by atomic mass is 9.45. The average molecular weight is 401 g/mol. The van der Waals surface area contributed by atoms with Crippen molar-refractivity contribution in [3.8, 4) is 0 Å². The fourth-order valence-corrected chi connectivity index (χ4v) is 8.54. The van der Waals surface area contributed by atoms with E-state index in [-0.39, 0.29) is 16.9 Å². The molecule has 164 valence electrons. The van der Waals surface area contributed by atoms with Gasteiger partial charge in [-0.3, -0.25) is 4.79 Å². The van der Waals surface area contributed by atoms with E-state index in [1.165, 1.54) is 44.1 Å². The summed E-state index contributed by atoms with van der Waals surface area (Å²) in [4.78, 5) is 12.0. The molecule has 0 saturated heterocycles. The number of aliphatic hydroxyl groups is 1. The summed E-state index contributed by atoms with van der Waals surface area (Å²) in [6.45, 7) is 12.0. The monoisotopic (exact) mass is 400 g/mol. The molecule has 0 spiro atoms. The van der Waals surface area contributed by atoms with Crippen molar-refractivity contribution in [1.82, 2.24) is 0 Å². The van der Waals surface area contributed by atoms with Crippen LogP contribution in [0, 0.1) is 46.3 Å². The normalized spacial score (nSPS) is 45.4. The maximum atomic E-state index is 12.0. The second kappa shape index (κ2) is 7.81. The summed E-state index contributed by atoms with van der Waals surface area (Å²) in [5.41, 5.74) is 1.66. The Bertz CT molecular complexity index is 663. The molecule has 3 fully saturated rings. The molecule has 0 aromatic carbocycles. The van der Waals surface area contributed by atoms with E-state index >= 15 is 0 Å². The molecule has 2 nitrogen and oxygen atoms in total. The number of ketones is 1. The van der Waals surface area contributed by atoms with Gasteiger partial charge in [0.1, 0.15) is 0 Å². The van der Waals surface area contributed by atoms with Crippen molar-refractivity contribution in [2.75, 3.05) is 0 Å². The number of allylic oxidation sites excluding steroid dienone is 1. The molecular formula is C27H44O2. The van der Waals surface area contributed by atoms with E-state index in [4.69, 9.17) is 0 Å². The van der Waals surface area contributed by atoms with Crippen LogP contribution < -0.4 is 0 Å². The highest BCUT2D eigenvalue weighted by Gasteiger charge is 2.62. The van der Waals surface area contributed by atoms with Gasteiger partial charge in [-0.2, -0.15) is 0 Å². The van der Waals surface area contributed by atoms with Crippen molar-refractivity contribution in [1.29, 1.82) is 0 Å². The van der Waals surface area contributed by atoms with Gasteiger partial charge in [0.2, 0.25) is 0 Å². The zero-order valence-electron chi connectivity index (χ0n) is 19.5. The van der Waals surface area contributed by atoms with E-state index in [9.17, 15) is 9.90 Å².